The minimum absolute atomic E-state index is 0.0635. The van der Waals surface area contributed by atoms with Gasteiger partial charge in [-0.1, -0.05) is 0 Å². The van der Waals surface area contributed by atoms with E-state index in [-0.39, 0.29) is 12.0 Å². The number of ether oxygens (including phenoxy) is 2. The van der Waals surface area contributed by atoms with Crippen molar-refractivity contribution in [2.24, 2.45) is 0 Å². The van der Waals surface area contributed by atoms with Gasteiger partial charge in [-0.05, 0) is 19.8 Å². The number of amides is 1. The van der Waals surface area contributed by atoms with Crippen molar-refractivity contribution >= 4 is 22.4 Å². The highest BCUT2D eigenvalue weighted by Crippen LogP contribution is 2.26. The van der Waals surface area contributed by atoms with E-state index in [2.05, 4.69) is 32.1 Å². The number of carbonyl (C=O) groups excluding carboxylic acids is 1. The summed E-state index contributed by atoms with van der Waals surface area (Å²) < 4.78 is 11.1. The van der Waals surface area contributed by atoms with E-state index in [4.69, 9.17) is 9.47 Å². The zero-order valence-corrected chi connectivity index (χ0v) is 16.0. The van der Waals surface area contributed by atoms with E-state index in [1.807, 2.05) is 6.20 Å². The van der Waals surface area contributed by atoms with Crippen molar-refractivity contribution in [3.05, 3.63) is 23.5 Å². The molecule has 1 aliphatic heterocycles. The molecule has 8 nitrogen and oxygen atoms in total. The molecule has 0 spiro atoms. The smallest absolute Gasteiger partial charge is 0.223 e. The quantitative estimate of drug-likeness (QED) is 0.826. The van der Waals surface area contributed by atoms with Crippen LogP contribution < -0.4 is 14.8 Å². The molecule has 2 atom stereocenters. The van der Waals surface area contributed by atoms with Gasteiger partial charge in [-0.2, -0.15) is 0 Å². The summed E-state index contributed by atoms with van der Waals surface area (Å²) in [5, 5.41) is 3.36. The van der Waals surface area contributed by atoms with E-state index in [1.165, 1.54) is 24.6 Å². The summed E-state index contributed by atoms with van der Waals surface area (Å²) in [7, 11) is 1.57. The average Bonchev–Trinajstić information content (AvgIpc) is 3.04. The fraction of sp³-hybridized carbons (Fsp3) is 0.529. The number of thiazole rings is 1. The van der Waals surface area contributed by atoms with Gasteiger partial charge in [0.2, 0.25) is 17.7 Å². The minimum Gasteiger partial charge on any atom is -0.481 e. The van der Waals surface area contributed by atoms with Crippen LogP contribution in [0.15, 0.2) is 18.6 Å². The minimum atomic E-state index is -0.106. The maximum atomic E-state index is 11.1. The van der Waals surface area contributed by atoms with Crippen molar-refractivity contribution in [2.45, 2.75) is 45.4 Å². The third-order valence-corrected chi connectivity index (χ3v) is 5.17. The Bertz CT molecular complexity index is 754. The third-order valence-electron chi connectivity index (χ3n) is 4.28. The lowest BCUT2D eigenvalue weighted by Gasteiger charge is -2.37. The number of hydrogen-bond donors (Lipinski definition) is 1. The Hall–Kier alpha value is -2.26. The van der Waals surface area contributed by atoms with Gasteiger partial charge in [0.1, 0.15) is 12.4 Å². The van der Waals surface area contributed by atoms with Gasteiger partial charge in [0, 0.05) is 37.1 Å². The molecule has 26 heavy (non-hydrogen) atoms. The number of nitrogens with zero attached hydrogens (tertiary/aromatic N) is 4. The molecule has 0 bridgehead atoms. The summed E-state index contributed by atoms with van der Waals surface area (Å²) in [6, 6.07) is 2.16. The van der Waals surface area contributed by atoms with Crippen LogP contribution >= 0.6 is 11.3 Å². The van der Waals surface area contributed by atoms with E-state index >= 15 is 0 Å². The standard InChI is InChI=1S/C17H23N5O3S/c1-11-4-5-13(25-16-6-15(24-3)19-10-20-16)8-22(11)9-14-7-18-17(26-14)21-12(2)23/h6-7,10-11,13H,4-5,8-9H2,1-3H3,(H,18,21,23)/t11-,13+/m0/s1. The number of nitrogens with one attached hydrogen (secondary N) is 1. The van der Waals surface area contributed by atoms with Crippen LogP contribution in [0.4, 0.5) is 5.13 Å². The molecule has 1 fully saturated rings. The Balaban J connectivity index is 1.60. The topological polar surface area (TPSA) is 89.5 Å². The van der Waals surface area contributed by atoms with Crippen LogP contribution in [-0.2, 0) is 11.3 Å². The fourth-order valence-electron chi connectivity index (χ4n) is 2.92. The highest BCUT2D eigenvalue weighted by molar-refractivity contribution is 7.15. The first-order valence-electron chi connectivity index (χ1n) is 8.52. The number of anilines is 1. The SMILES string of the molecule is COc1cc(O[C@@H]2CC[C@H](C)N(Cc3cnc(NC(C)=O)s3)C2)ncn1. The summed E-state index contributed by atoms with van der Waals surface area (Å²) in [5.74, 6) is 0.916. The second-order valence-electron chi connectivity index (χ2n) is 6.31. The van der Waals surface area contributed by atoms with Crippen LogP contribution in [0, 0.1) is 0 Å². The molecule has 3 rings (SSSR count). The van der Waals surface area contributed by atoms with Crippen molar-refractivity contribution in [3.63, 3.8) is 0 Å². The van der Waals surface area contributed by atoms with Crippen molar-refractivity contribution in [2.75, 3.05) is 19.0 Å². The number of aromatic nitrogens is 3. The normalized spacial score (nSPS) is 20.6. The average molecular weight is 377 g/mol. The second-order valence-corrected chi connectivity index (χ2v) is 7.42. The molecule has 1 saturated heterocycles. The molecule has 0 unspecified atom stereocenters. The number of piperidine rings is 1. The summed E-state index contributed by atoms with van der Waals surface area (Å²) in [4.78, 5) is 27.0. The molecule has 0 aliphatic carbocycles. The highest BCUT2D eigenvalue weighted by Gasteiger charge is 2.27. The van der Waals surface area contributed by atoms with Crippen molar-refractivity contribution < 1.29 is 14.3 Å². The van der Waals surface area contributed by atoms with Crippen LogP contribution in [-0.4, -0.2) is 51.6 Å². The van der Waals surface area contributed by atoms with Gasteiger partial charge in [0.25, 0.3) is 0 Å². The molecule has 0 aromatic carbocycles. The molecule has 2 aromatic heterocycles. The van der Waals surface area contributed by atoms with Gasteiger partial charge in [0.15, 0.2) is 5.13 Å². The first kappa shape index (κ1) is 18.5. The van der Waals surface area contributed by atoms with Gasteiger partial charge in [0.05, 0.1) is 13.2 Å². The van der Waals surface area contributed by atoms with Gasteiger partial charge >= 0.3 is 0 Å². The van der Waals surface area contributed by atoms with Crippen LogP contribution in [0.1, 0.15) is 31.6 Å². The zero-order chi connectivity index (χ0) is 18.5. The van der Waals surface area contributed by atoms with E-state index in [9.17, 15) is 4.79 Å². The Labute approximate surface area is 156 Å². The molecule has 2 aromatic rings. The van der Waals surface area contributed by atoms with Crippen LogP contribution in [0.3, 0.4) is 0 Å². The molecule has 1 N–H and O–H groups in total. The van der Waals surface area contributed by atoms with E-state index < -0.39 is 0 Å². The number of rotatable bonds is 6. The fourth-order valence-corrected chi connectivity index (χ4v) is 3.80. The third kappa shape index (κ3) is 4.89. The molecular formula is C17H23N5O3S. The molecule has 1 amide bonds. The Morgan fingerprint density at radius 2 is 2.15 bits per heavy atom. The maximum absolute atomic E-state index is 11.1. The maximum Gasteiger partial charge on any atom is 0.223 e. The zero-order valence-electron chi connectivity index (χ0n) is 15.1. The van der Waals surface area contributed by atoms with Gasteiger partial charge in [-0.3, -0.25) is 9.69 Å². The molecule has 0 radical (unpaired) electrons. The number of carbonyl (C=O) groups is 1. The summed E-state index contributed by atoms with van der Waals surface area (Å²) >= 11 is 1.50. The van der Waals surface area contributed by atoms with Crippen molar-refractivity contribution in [3.8, 4) is 11.8 Å². The predicted octanol–water partition coefficient (Wildman–Crippen LogP) is 2.33. The Morgan fingerprint density at radius 1 is 1.35 bits per heavy atom. The van der Waals surface area contributed by atoms with Gasteiger partial charge in [-0.15, -0.1) is 11.3 Å². The van der Waals surface area contributed by atoms with E-state index in [0.717, 1.165) is 30.8 Å². The highest BCUT2D eigenvalue weighted by atomic mass is 32.1. The predicted molar refractivity (Wildman–Crippen MR) is 98.5 cm³/mol. The summed E-state index contributed by atoms with van der Waals surface area (Å²) in [5.41, 5.74) is 0. The number of methoxy groups -OCH3 is 1. The Kier molecular flexibility index (Phi) is 6.00. The van der Waals surface area contributed by atoms with Crippen molar-refractivity contribution in [1.29, 1.82) is 0 Å². The van der Waals surface area contributed by atoms with E-state index in [0.29, 0.717) is 22.9 Å². The lowest BCUT2D eigenvalue weighted by molar-refractivity contribution is -0.114. The second kappa shape index (κ2) is 8.41. The van der Waals surface area contributed by atoms with Gasteiger partial charge in [-0.25, -0.2) is 15.0 Å². The Morgan fingerprint density at radius 3 is 2.92 bits per heavy atom. The molecule has 0 saturated carbocycles. The molecular weight excluding hydrogens is 354 g/mol. The lowest BCUT2D eigenvalue weighted by atomic mass is 10.0. The summed E-state index contributed by atoms with van der Waals surface area (Å²) in [6.07, 6.45) is 5.35. The monoisotopic (exact) mass is 377 g/mol. The van der Waals surface area contributed by atoms with Gasteiger partial charge < -0.3 is 14.8 Å². The van der Waals surface area contributed by atoms with E-state index in [1.54, 1.807) is 13.2 Å². The molecule has 1 aliphatic rings. The largest absolute Gasteiger partial charge is 0.481 e. The first-order valence-corrected chi connectivity index (χ1v) is 9.34. The van der Waals surface area contributed by atoms with Crippen molar-refractivity contribution in [1.82, 2.24) is 19.9 Å². The molecule has 140 valence electrons. The molecule has 9 heteroatoms. The van der Waals surface area contributed by atoms with Crippen LogP contribution in [0.25, 0.3) is 0 Å². The van der Waals surface area contributed by atoms with Crippen LogP contribution in [0.2, 0.25) is 0 Å². The number of hydrogen-bond acceptors (Lipinski definition) is 8. The molecule has 3 heterocycles. The first-order chi connectivity index (χ1) is 12.5. The lowest BCUT2D eigenvalue weighted by Crippen LogP contribution is -2.45. The summed E-state index contributed by atoms with van der Waals surface area (Å²) in [6.45, 7) is 5.30. The van der Waals surface area contributed by atoms with Crippen LogP contribution in [0.5, 0.6) is 11.8 Å². The number of likely N-dealkylation sites (tertiary alicyclic amines) is 1.